The second-order valence-electron chi connectivity index (χ2n) is 5.62. The monoisotopic (exact) mass is 303 g/mol. The van der Waals surface area contributed by atoms with E-state index in [0.717, 1.165) is 5.56 Å². The molecule has 1 aliphatic rings. The van der Waals surface area contributed by atoms with Crippen LogP contribution in [0.5, 0.6) is 0 Å². The molecule has 1 heterocycles. The van der Waals surface area contributed by atoms with Gasteiger partial charge in [-0.25, -0.2) is 0 Å². The average molecular weight is 303 g/mol. The van der Waals surface area contributed by atoms with Crippen LogP contribution in [0.1, 0.15) is 31.7 Å². The third-order valence-electron chi connectivity index (χ3n) is 3.84. The number of carbonyl (C=O) groups is 3. The first kappa shape index (κ1) is 16.2. The first-order valence-electron chi connectivity index (χ1n) is 7.39. The van der Waals surface area contributed by atoms with Gasteiger partial charge in [-0.1, -0.05) is 30.3 Å². The lowest BCUT2D eigenvalue weighted by atomic mass is 9.92. The summed E-state index contributed by atoms with van der Waals surface area (Å²) in [5, 5.41) is 2.76. The number of amides is 3. The van der Waals surface area contributed by atoms with Crippen LogP contribution in [-0.2, 0) is 19.9 Å². The first-order chi connectivity index (χ1) is 10.4. The summed E-state index contributed by atoms with van der Waals surface area (Å²) in [7, 11) is 0. The summed E-state index contributed by atoms with van der Waals surface area (Å²) < 4.78 is 0. The SMILES string of the molecule is CC(N)(C(=O)NCCCN1C(=O)CCC1=O)c1ccccc1. The summed E-state index contributed by atoms with van der Waals surface area (Å²) >= 11 is 0. The lowest BCUT2D eigenvalue weighted by Crippen LogP contribution is -2.49. The predicted molar refractivity (Wildman–Crippen MR) is 81.6 cm³/mol. The third-order valence-corrected chi connectivity index (χ3v) is 3.84. The molecule has 0 radical (unpaired) electrons. The Hall–Kier alpha value is -2.21. The number of carbonyl (C=O) groups excluding carboxylic acids is 3. The normalized spacial score (nSPS) is 17.5. The van der Waals surface area contributed by atoms with Crippen LogP contribution in [0.4, 0.5) is 0 Å². The van der Waals surface area contributed by atoms with E-state index in [1.54, 1.807) is 19.1 Å². The molecular weight excluding hydrogens is 282 g/mol. The van der Waals surface area contributed by atoms with E-state index in [2.05, 4.69) is 5.32 Å². The van der Waals surface area contributed by atoms with E-state index in [1.807, 2.05) is 18.2 Å². The molecule has 6 nitrogen and oxygen atoms in total. The van der Waals surface area contributed by atoms with E-state index in [4.69, 9.17) is 5.73 Å². The van der Waals surface area contributed by atoms with Gasteiger partial charge in [0.25, 0.3) is 0 Å². The highest BCUT2D eigenvalue weighted by atomic mass is 16.2. The van der Waals surface area contributed by atoms with Gasteiger partial charge in [-0.3, -0.25) is 19.3 Å². The molecule has 2 rings (SSSR count). The number of likely N-dealkylation sites (tertiary alicyclic amines) is 1. The van der Waals surface area contributed by atoms with E-state index in [-0.39, 0.29) is 17.7 Å². The maximum absolute atomic E-state index is 12.2. The van der Waals surface area contributed by atoms with Crippen LogP contribution in [0.3, 0.4) is 0 Å². The molecule has 1 unspecified atom stereocenters. The Bertz CT molecular complexity index is 553. The van der Waals surface area contributed by atoms with Crippen molar-refractivity contribution in [3.63, 3.8) is 0 Å². The summed E-state index contributed by atoms with van der Waals surface area (Å²) in [6.45, 7) is 2.37. The molecule has 1 aliphatic heterocycles. The Morgan fingerprint density at radius 3 is 2.41 bits per heavy atom. The van der Waals surface area contributed by atoms with Crippen LogP contribution in [0.25, 0.3) is 0 Å². The van der Waals surface area contributed by atoms with Crippen molar-refractivity contribution < 1.29 is 14.4 Å². The summed E-state index contributed by atoms with van der Waals surface area (Å²) in [4.78, 5) is 36.4. The lowest BCUT2D eigenvalue weighted by molar-refractivity contribution is -0.138. The van der Waals surface area contributed by atoms with Crippen LogP contribution in [0.15, 0.2) is 30.3 Å². The van der Waals surface area contributed by atoms with E-state index in [1.165, 1.54) is 4.90 Å². The van der Waals surface area contributed by atoms with Crippen molar-refractivity contribution in [2.75, 3.05) is 13.1 Å². The molecule has 6 heteroatoms. The maximum Gasteiger partial charge on any atom is 0.244 e. The van der Waals surface area contributed by atoms with Gasteiger partial charge in [0.15, 0.2) is 0 Å². The molecule has 1 aromatic carbocycles. The number of rotatable bonds is 6. The van der Waals surface area contributed by atoms with Crippen molar-refractivity contribution in [2.24, 2.45) is 5.73 Å². The van der Waals surface area contributed by atoms with Crippen molar-refractivity contribution in [3.05, 3.63) is 35.9 Å². The maximum atomic E-state index is 12.2. The number of benzene rings is 1. The summed E-state index contributed by atoms with van der Waals surface area (Å²) in [5.74, 6) is -0.550. The number of nitrogens with one attached hydrogen (secondary N) is 1. The summed E-state index contributed by atoms with van der Waals surface area (Å²) in [5.41, 5.74) is 5.72. The van der Waals surface area contributed by atoms with Gasteiger partial charge in [-0.05, 0) is 18.9 Å². The number of hydrogen-bond donors (Lipinski definition) is 2. The first-order valence-corrected chi connectivity index (χ1v) is 7.39. The molecule has 0 saturated carbocycles. The second kappa shape index (κ2) is 6.70. The van der Waals surface area contributed by atoms with Gasteiger partial charge in [-0.2, -0.15) is 0 Å². The molecule has 1 atom stereocenters. The molecule has 0 spiro atoms. The molecule has 3 amide bonds. The van der Waals surface area contributed by atoms with Crippen molar-refractivity contribution in [1.29, 1.82) is 0 Å². The van der Waals surface area contributed by atoms with Gasteiger partial charge in [0, 0.05) is 25.9 Å². The molecule has 0 bridgehead atoms. The van der Waals surface area contributed by atoms with Crippen LogP contribution in [-0.4, -0.2) is 35.7 Å². The van der Waals surface area contributed by atoms with E-state index < -0.39 is 5.54 Å². The van der Waals surface area contributed by atoms with Gasteiger partial charge < -0.3 is 11.1 Å². The molecule has 1 fully saturated rings. The zero-order valence-corrected chi connectivity index (χ0v) is 12.7. The van der Waals surface area contributed by atoms with Crippen LogP contribution >= 0.6 is 0 Å². The minimum absolute atomic E-state index is 0.135. The van der Waals surface area contributed by atoms with Crippen LogP contribution in [0, 0.1) is 0 Å². The van der Waals surface area contributed by atoms with E-state index in [0.29, 0.717) is 32.4 Å². The van der Waals surface area contributed by atoms with Crippen LogP contribution < -0.4 is 11.1 Å². The Labute approximate surface area is 129 Å². The fourth-order valence-corrected chi connectivity index (χ4v) is 2.41. The molecule has 22 heavy (non-hydrogen) atoms. The highest BCUT2D eigenvalue weighted by Gasteiger charge is 2.30. The predicted octanol–water partition coefficient (Wildman–Crippen LogP) is 0.516. The van der Waals surface area contributed by atoms with Crippen LogP contribution in [0.2, 0.25) is 0 Å². The molecule has 1 saturated heterocycles. The van der Waals surface area contributed by atoms with Crippen molar-refractivity contribution in [2.45, 2.75) is 31.7 Å². The van der Waals surface area contributed by atoms with Crippen molar-refractivity contribution in [3.8, 4) is 0 Å². The topological polar surface area (TPSA) is 92.5 Å². The smallest absolute Gasteiger partial charge is 0.244 e. The fraction of sp³-hybridized carbons (Fsp3) is 0.438. The summed E-state index contributed by atoms with van der Waals surface area (Å²) in [6.07, 6.45) is 1.11. The third kappa shape index (κ3) is 3.51. The Morgan fingerprint density at radius 2 is 1.82 bits per heavy atom. The standard InChI is InChI=1S/C16H21N3O3/c1-16(17,12-6-3-2-4-7-12)15(22)18-10-5-11-19-13(20)8-9-14(19)21/h2-4,6-7H,5,8-11,17H2,1H3,(H,18,22). The van der Waals surface area contributed by atoms with Crippen molar-refractivity contribution in [1.82, 2.24) is 10.2 Å². The number of nitrogens with zero attached hydrogens (tertiary/aromatic N) is 1. The van der Waals surface area contributed by atoms with Crippen molar-refractivity contribution >= 4 is 17.7 Å². The van der Waals surface area contributed by atoms with E-state index >= 15 is 0 Å². The average Bonchev–Trinajstić information content (AvgIpc) is 2.83. The number of nitrogens with two attached hydrogens (primary N) is 1. The minimum Gasteiger partial charge on any atom is -0.354 e. The molecule has 3 N–H and O–H groups in total. The van der Waals surface area contributed by atoms with Gasteiger partial charge in [-0.15, -0.1) is 0 Å². The highest BCUT2D eigenvalue weighted by Crippen LogP contribution is 2.17. The largest absolute Gasteiger partial charge is 0.354 e. The van der Waals surface area contributed by atoms with Gasteiger partial charge >= 0.3 is 0 Å². The summed E-state index contributed by atoms with van der Waals surface area (Å²) in [6, 6.07) is 9.14. The Morgan fingerprint density at radius 1 is 1.23 bits per heavy atom. The number of hydrogen-bond acceptors (Lipinski definition) is 4. The van der Waals surface area contributed by atoms with E-state index in [9.17, 15) is 14.4 Å². The zero-order chi connectivity index (χ0) is 16.2. The number of imide groups is 1. The highest BCUT2D eigenvalue weighted by molar-refractivity contribution is 6.01. The Kier molecular flexibility index (Phi) is 4.92. The molecule has 118 valence electrons. The van der Waals surface area contributed by atoms with Gasteiger partial charge in [0.1, 0.15) is 5.54 Å². The zero-order valence-electron chi connectivity index (χ0n) is 12.7. The molecular formula is C16H21N3O3. The Balaban J connectivity index is 1.80. The minimum atomic E-state index is -1.11. The lowest BCUT2D eigenvalue weighted by Gasteiger charge is -2.24. The molecule has 0 aliphatic carbocycles. The quantitative estimate of drug-likeness (QED) is 0.592. The molecule has 0 aromatic heterocycles. The van der Waals surface area contributed by atoms with Gasteiger partial charge in [0.2, 0.25) is 17.7 Å². The molecule has 1 aromatic rings. The van der Waals surface area contributed by atoms with Gasteiger partial charge in [0.05, 0.1) is 0 Å². The fourth-order valence-electron chi connectivity index (χ4n) is 2.41. The second-order valence-corrected chi connectivity index (χ2v) is 5.62.